The molecule has 0 amide bonds. The van der Waals surface area contributed by atoms with Gasteiger partial charge in [-0.05, 0) is 6.42 Å². The van der Waals surface area contributed by atoms with E-state index in [0.717, 1.165) is 19.4 Å². The normalized spacial score (nSPS) is 35.6. The molecule has 1 saturated heterocycles. The van der Waals surface area contributed by atoms with E-state index in [1.165, 1.54) is 0 Å². The predicted octanol–water partition coefficient (Wildman–Crippen LogP) is 0.126. The van der Waals surface area contributed by atoms with E-state index in [-0.39, 0.29) is 12.1 Å². The van der Waals surface area contributed by atoms with Crippen LogP contribution < -0.4 is 5.73 Å². The molecule has 2 nitrogen and oxygen atoms in total. The zero-order valence-corrected chi connectivity index (χ0v) is 5.34. The number of nitrogens with two attached hydrogens (primary N) is 1. The first-order chi connectivity index (χ1) is 4.33. The molecule has 0 bridgehead atoms. The fourth-order valence-corrected chi connectivity index (χ4v) is 0.939. The fraction of sp³-hybridized carbons (Fsp3) is 0.714. The molecule has 2 N–H and O–H groups in total. The monoisotopic (exact) mass is 125 g/mol. The summed E-state index contributed by atoms with van der Waals surface area (Å²) in [4.78, 5) is 0. The zero-order valence-electron chi connectivity index (χ0n) is 5.34. The summed E-state index contributed by atoms with van der Waals surface area (Å²) >= 11 is 0. The van der Waals surface area contributed by atoms with Gasteiger partial charge in [0.2, 0.25) is 0 Å². The minimum Gasteiger partial charge on any atom is -0.365 e. The van der Waals surface area contributed by atoms with E-state index in [9.17, 15) is 0 Å². The van der Waals surface area contributed by atoms with Crippen molar-refractivity contribution in [1.82, 2.24) is 0 Å². The van der Waals surface area contributed by atoms with Gasteiger partial charge >= 0.3 is 0 Å². The van der Waals surface area contributed by atoms with Crippen molar-refractivity contribution >= 4 is 0 Å². The molecule has 0 saturated carbocycles. The summed E-state index contributed by atoms with van der Waals surface area (Å²) in [6.07, 6.45) is 6.86. The van der Waals surface area contributed by atoms with Gasteiger partial charge in [0.15, 0.2) is 0 Å². The van der Waals surface area contributed by atoms with Gasteiger partial charge in [0.05, 0.1) is 0 Å². The van der Waals surface area contributed by atoms with Crippen LogP contribution in [0.3, 0.4) is 0 Å². The van der Waals surface area contributed by atoms with Gasteiger partial charge in [-0.15, -0.1) is 6.42 Å². The van der Waals surface area contributed by atoms with E-state index < -0.39 is 0 Å². The second-order valence-electron chi connectivity index (χ2n) is 2.31. The molecule has 2 unspecified atom stereocenters. The summed E-state index contributed by atoms with van der Waals surface area (Å²) in [7, 11) is 0. The van der Waals surface area contributed by atoms with Crippen LogP contribution in [0.15, 0.2) is 0 Å². The molecule has 0 radical (unpaired) electrons. The highest BCUT2D eigenvalue weighted by atomic mass is 16.5. The summed E-state index contributed by atoms with van der Waals surface area (Å²) < 4.78 is 5.18. The van der Waals surface area contributed by atoms with Crippen LogP contribution in [0, 0.1) is 12.3 Å². The topological polar surface area (TPSA) is 35.2 Å². The highest BCUT2D eigenvalue weighted by molar-refractivity contribution is 4.97. The molecule has 1 fully saturated rings. The highest BCUT2D eigenvalue weighted by Gasteiger charge is 2.16. The molecule has 0 aliphatic carbocycles. The average Bonchev–Trinajstić information content (AvgIpc) is 1.88. The number of hydrogen-bond acceptors (Lipinski definition) is 2. The van der Waals surface area contributed by atoms with Gasteiger partial charge in [0, 0.05) is 19.1 Å². The molecule has 1 rings (SSSR count). The lowest BCUT2D eigenvalue weighted by atomic mass is 10.1. The summed E-state index contributed by atoms with van der Waals surface area (Å²) in [6, 6.07) is 0.250. The van der Waals surface area contributed by atoms with E-state index in [4.69, 9.17) is 16.9 Å². The maximum atomic E-state index is 5.63. The fourth-order valence-electron chi connectivity index (χ4n) is 0.939. The molecule has 0 aromatic rings. The molecule has 0 spiro atoms. The molecular weight excluding hydrogens is 114 g/mol. The Morgan fingerprint density at radius 2 is 2.44 bits per heavy atom. The molecule has 0 aromatic carbocycles. The minimum absolute atomic E-state index is 0.0336. The van der Waals surface area contributed by atoms with Gasteiger partial charge in [-0.3, -0.25) is 0 Å². The van der Waals surface area contributed by atoms with Crippen LogP contribution in [0.1, 0.15) is 12.8 Å². The SMILES string of the molecule is C#CC1CC(N)CCO1. The van der Waals surface area contributed by atoms with E-state index in [0.29, 0.717) is 0 Å². The molecule has 2 heteroatoms. The van der Waals surface area contributed by atoms with Crippen LogP contribution >= 0.6 is 0 Å². The maximum absolute atomic E-state index is 5.63. The van der Waals surface area contributed by atoms with E-state index in [2.05, 4.69) is 5.92 Å². The molecule has 50 valence electrons. The molecule has 1 heterocycles. The smallest absolute Gasteiger partial charge is 0.119 e. The maximum Gasteiger partial charge on any atom is 0.119 e. The molecule has 0 aromatic heterocycles. The van der Waals surface area contributed by atoms with E-state index in [1.54, 1.807) is 0 Å². The molecule has 9 heavy (non-hydrogen) atoms. The van der Waals surface area contributed by atoms with Crippen molar-refractivity contribution in [2.75, 3.05) is 6.61 Å². The van der Waals surface area contributed by atoms with Crippen molar-refractivity contribution in [3.8, 4) is 12.3 Å². The number of hydrogen-bond donors (Lipinski definition) is 1. The lowest BCUT2D eigenvalue weighted by molar-refractivity contribution is 0.0435. The van der Waals surface area contributed by atoms with Gasteiger partial charge in [-0.2, -0.15) is 0 Å². The molecular formula is C7H11NO. The predicted molar refractivity (Wildman–Crippen MR) is 35.8 cm³/mol. The van der Waals surface area contributed by atoms with Gasteiger partial charge < -0.3 is 10.5 Å². The number of ether oxygens (including phenoxy) is 1. The largest absolute Gasteiger partial charge is 0.365 e. The van der Waals surface area contributed by atoms with Crippen molar-refractivity contribution in [3.05, 3.63) is 0 Å². The Hall–Kier alpha value is -0.520. The van der Waals surface area contributed by atoms with Crippen molar-refractivity contribution in [3.63, 3.8) is 0 Å². The van der Waals surface area contributed by atoms with E-state index in [1.807, 2.05) is 0 Å². The third kappa shape index (κ3) is 1.70. The van der Waals surface area contributed by atoms with Crippen LogP contribution in [0.4, 0.5) is 0 Å². The minimum atomic E-state index is -0.0336. The van der Waals surface area contributed by atoms with Gasteiger partial charge in [0.25, 0.3) is 0 Å². The van der Waals surface area contributed by atoms with Crippen LogP contribution in [0.5, 0.6) is 0 Å². The van der Waals surface area contributed by atoms with Crippen LogP contribution in [0.2, 0.25) is 0 Å². The second kappa shape index (κ2) is 2.86. The third-order valence-corrected chi connectivity index (χ3v) is 1.51. The summed E-state index contributed by atoms with van der Waals surface area (Å²) in [5.41, 5.74) is 5.63. The summed E-state index contributed by atoms with van der Waals surface area (Å²) in [5.74, 6) is 2.53. The second-order valence-corrected chi connectivity index (χ2v) is 2.31. The first kappa shape index (κ1) is 6.60. The first-order valence-corrected chi connectivity index (χ1v) is 3.16. The van der Waals surface area contributed by atoms with Crippen molar-refractivity contribution in [1.29, 1.82) is 0 Å². The Kier molecular flexibility index (Phi) is 2.10. The average molecular weight is 125 g/mol. The first-order valence-electron chi connectivity index (χ1n) is 3.16. The number of terminal acetylenes is 1. The van der Waals surface area contributed by atoms with Crippen molar-refractivity contribution in [2.45, 2.75) is 25.0 Å². The Labute approximate surface area is 55.4 Å². The lowest BCUT2D eigenvalue weighted by Crippen LogP contribution is -2.33. The third-order valence-electron chi connectivity index (χ3n) is 1.51. The zero-order chi connectivity index (χ0) is 6.69. The summed E-state index contributed by atoms with van der Waals surface area (Å²) in [6.45, 7) is 0.718. The standard InChI is InChI=1S/C7H11NO/c1-2-7-5-6(8)3-4-9-7/h1,6-7H,3-5,8H2. The Bertz CT molecular complexity index is 127. The lowest BCUT2D eigenvalue weighted by Gasteiger charge is -2.22. The van der Waals surface area contributed by atoms with Crippen LogP contribution in [0.25, 0.3) is 0 Å². The van der Waals surface area contributed by atoms with Gasteiger partial charge in [-0.1, -0.05) is 5.92 Å². The van der Waals surface area contributed by atoms with E-state index >= 15 is 0 Å². The Morgan fingerprint density at radius 1 is 1.67 bits per heavy atom. The van der Waals surface area contributed by atoms with Gasteiger partial charge in [-0.25, -0.2) is 0 Å². The van der Waals surface area contributed by atoms with Crippen LogP contribution in [-0.2, 0) is 4.74 Å². The Balaban J connectivity index is 2.34. The summed E-state index contributed by atoms with van der Waals surface area (Å²) in [5, 5.41) is 0. The number of rotatable bonds is 0. The van der Waals surface area contributed by atoms with Gasteiger partial charge in [0.1, 0.15) is 6.10 Å². The molecule has 1 aliphatic rings. The van der Waals surface area contributed by atoms with Crippen molar-refractivity contribution < 1.29 is 4.74 Å². The quantitative estimate of drug-likeness (QED) is 0.467. The molecule has 1 aliphatic heterocycles. The Morgan fingerprint density at radius 3 is 2.89 bits per heavy atom. The highest BCUT2D eigenvalue weighted by Crippen LogP contribution is 2.10. The van der Waals surface area contributed by atoms with Crippen LogP contribution in [-0.4, -0.2) is 18.8 Å². The van der Waals surface area contributed by atoms with Crippen molar-refractivity contribution in [2.24, 2.45) is 5.73 Å². The molecule has 2 atom stereocenters.